The van der Waals surface area contributed by atoms with Crippen LogP contribution in [0.5, 0.6) is 11.5 Å². The van der Waals surface area contributed by atoms with Crippen molar-refractivity contribution >= 4 is 29.6 Å². The fourth-order valence-electron chi connectivity index (χ4n) is 3.17. The molecule has 2 aromatic carbocycles. The van der Waals surface area contributed by atoms with E-state index in [1.54, 1.807) is 23.5 Å². The second kappa shape index (κ2) is 12.3. The number of amides is 1. The summed E-state index contributed by atoms with van der Waals surface area (Å²) in [6.07, 6.45) is -0.246. The number of ether oxygens (including phenoxy) is 3. The first-order valence-electron chi connectivity index (χ1n) is 11.0. The van der Waals surface area contributed by atoms with Crippen molar-refractivity contribution in [2.24, 2.45) is 0 Å². The lowest BCUT2D eigenvalue weighted by molar-refractivity contribution is 0.0274. The van der Waals surface area contributed by atoms with Gasteiger partial charge in [0.05, 0.1) is 0 Å². The Morgan fingerprint density at radius 2 is 1.31 bits per heavy atom. The highest BCUT2D eigenvalue weighted by Crippen LogP contribution is 2.26. The largest absolute Gasteiger partial charge is 0.490 e. The Kier molecular flexibility index (Phi) is 9.48. The molecule has 7 heteroatoms. The Balaban J connectivity index is 1.72. The van der Waals surface area contributed by atoms with E-state index in [1.807, 2.05) is 62.1 Å². The van der Waals surface area contributed by atoms with Gasteiger partial charge in [0.15, 0.2) is 0 Å². The van der Waals surface area contributed by atoms with E-state index in [9.17, 15) is 4.79 Å². The van der Waals surface area contributed by atoms with E-state index in [4.69, 9.17) is 14.2 Å². The van der Waals surface area contributed by atoms with E-state index in [1.165, 1.54) is 0 Å². The first-order valence-corrected chi connectivity index (χ1v) is 13.3. The lowest BCUT2D eigenvalue weighted by Gasteiger charge is -2.27. The average molecular weight is 476 g/mol. The molecule has 1 aliphatic rings. The van der Waals surface area contributed by atoms with Crippen molar-refractivity contribution in [2.45, 2.75) is 37.9 Å². The van der Waals surface area contributed by atoms with E-state index in [0.717, 1.165) is 45.6 Å². The highest BCUT2D eigenvalue weighted by atomic mass is 32.2. The zero-order chi connectivity index (χ0) is 22.8. The summed E-state index contributed by atoms with van der Waals surface area (Å²) in [5.74, 6) is 5.11. The van der Waals surface area contributed by atoms with E-state index in [2.05, 4.69) is 12.1 Å². The zero-order valence-electron chi connectivity index (χ0n) is 19.2. The van der Waals surface area contributed by atoms with Crippen molar-refractivity contribution in [3.8, 4) is 11.5 Å². The number of benzene rings is 2. The molecule has 1 heterocycles. The molecule has 174 valence electrons. The summed E-state index contributed by atoms with van der Waals surface area (Å²) in [7, 11) is 0. The Bertz CT molecular complexity index is 812. The van der Waals surface area contributed by atoms with Crippen LogP contribution >= 0.6 is 23.5 Å². The summed E-state index contributed by atoms with van der Waals surface area (Å²) < 4.78 is 17.7. The number of carbonyl (C=O) groups is 1. The van der Waals surface area contributed by atoms with Crippen LogP contribution < -0.4 is 9.47 Å². The van der Waals surface area contributed by atoms with E-state index in [-0.39, 0.29) is 6.09 Å². The average Bonchev–Trinajstić information content (AvgIpc) is 2.75. The van der Waals surface area contributed by atoms with Crippen molar-refractivity contribution in [2.75, 3.05) is 37.8 Å². The highest BCUT2D eigenvalue weighted by molar-refractivity contribution is 7.98. The maximum absolute atomic E-state index is 12.7. The van der Waals surface area contributed by atoms with Crippen LogP contribution in [0.2, 0.25) is 0 Å². The minimum Gasteiger partial charge on any atom is -0.490 e. The molecule has 0 atom stereocenters. The van der Waals surface area contributed by atoms with Crippen LogP contribution in [0.25, 0.3) is 0 Å². The summed E-state index contributed by atoms with van der Waals surface area (Å²) in [5, 5.41) is 0. The van der Waals surface area contributed by atoms with Gasteiger partial charge in [0, 0.05) is 47.2 Å². The predicted molar refractivity (Wildman–Crippen MR) is 134 cm³/mol. The molecule has 3 rings (SSSR count). The second-order valence-corrected chi connectivity index (χ2v) is 10.7. The van der Waals surface area contributed by atoms with Crippen molar-refractivity contribution < 1.29 is 19.0 Å². The van der Waals surface area contributed by atoms with Gasteiger partial charge in [-0.2, -0.15) is 23.5 Å². The first kappa shape index (κ1) is 24.6. The summed E-state index contributed by atoms with van der Waals surface area (Å²) in [6.45, 7) is 8.02. The number of hydrogen-bond donors (Lipinski definition) is 0. The molecule has 1 amide bonds. The zero-order valence-corrected chi connectivity index (χ0v) is 20.8. The van der Waals surface area contributed by atoms with Gasteiger partial charge in [0.25, 0.3) is 0 Å². The maximum Gasteiger partial charge on any atom is 0.410 e. The molecule has 5 nitrogen and oxygen atoms in total. The molecule has 0 fully saturated rings. The van der Waals surface area contributed by atoms with Gasteiger partial charge in [-0.05, 0) is 32.9 Å². The molecule has 32 heavy (non-hydrogen) atoms. The molecular formula is C25H33NO4S2. The molecule has 0 unspecified atom stereocenters. The quantitative estimate of drug-likeness (QED) is 0.476. The van der Waals surface area contributed by atoms with Crippen LogP contribution in [0.1, 0.15) is 31.9 Å². The van der Waals surface area contributed by atoms with Crippen molar-refractivity contribution in [3.63, 3.8) is 0 Å². The number of fused-ring (bicyclic) bond motifs is 2. The smallest absolute Gasteiger partial charge is 0.410 e. The number of carbonyl (C=O) groups excluding carboxylic acids is 1. The molecule has 0 aromatic heterocycles. The van der Waals surface area contributed by atoms with Gasteiger partial charge in [-0.3, -0.25) is 0 Å². The molecule has 1 aliphatic heterocycles. The van der Waals surface area contributed by atoms with Gasteiger partial charge >= 0.3 is 6.09 Å². The van der Waals surface area contributed by atoms with Crippen LogP contribution in [0.4, 0.5) is 4.79 Å². The molecule has 0 saturated carbocycles. The molecular weight excluding hydrogens is 442 g/mol. The summed E-state index contributed by atoms with van der Waals surface area (Å²) >= 11 is 3.59. The lowest BCUT2D eigenvalue weighted by Crippen LogP contribution is -2.39. The fourth-order valence-corrected chi connectivity index (χ4v) is 5.07. The van der Waals surface area contributed by atoms with Crippen LogP contribution in [0.15, 0.2) is 48.5 Å². The minimum absolute atomic E-state index is 0.246. The molecule has 2 aromatic rings. The van der Waals surface area contributed by atoms with Crippen molar-refractivity contribution in [3.05, 3.63) is 59.7 Å². The van der Waals surface area contributed by atoms with Gasteiger partial charge in [-0.1, -0.05) is 36.4 Å². The molecule has 0 bridgehead atoms. The topological polar surface area (TPSA) is 48.0 Å². The Morgan fingerprint density at radius 1 is 0.844 bits per heavy atom. The standard InChI is InChI=1S/C25H33NO4S2/c1-25(2,3)30-24(27)26-12-16-31-18-20-8-4-6-10-22(20)28-14-15-29-23-11-7-5-9-21(23)19-32-17-13-26/h4-11H,12-19H2,1-3H3. The monoisotopic (exact) mass is 475 g/mol. The van der Waals surface area contributed by atoms with Crippen LogP contribution in [0.3, 0.4) is 0 Å². The maximum atomic E-state index is 12.7. The van der Waals surface area contributed by atoms with Crippen molar-refractivity contribution in [1.29, 1.82) is 0 Å². The van der Waals surface area contributed by atoms with E-state index >= 15 is 0 Å². The first-order chi connectivity index (χ1) is 15.4. The van der Waals surface area contributed by atoms with Gasteiger partial charge in [-0.15, -0.1) is 0 Å². The Hall–Kier alpha value is -1.99. The van der Waals surface area contributed by atoms with Crippen molar-refractivity contribution in [1.82, 2.24) is 4.90 Å². The van der Waals surface area contributed by atoms with Gasteiger partial charge < -0.3 is 19.1 Å². The van der Waals surface area contributed by atoms with Gasteiger partial charge in [0.1, 0.15) is 30.3 Å². The molecule has 0 aliphatic carbocycles. The molecule has 0 spiro atoms. The van der Waals surface area contributed by atoms with Gasteiger partial charge in [0.2, 0.25) is 0 Å². The fraction of sp³-hybridized carbons (Fsp3) is 0.480. The molecule has 0 N–H and O–H groups in total. The second-order valence-electron chi connectivity index (χ2n) is 8.48. The van der Waals surface area contributed by atoms with E-state index in [0.29, 0.717) is 26.3 Å². The summed E-state index contributed by atoms with van der Waals surface area (Å²) in [6, 6.07) is 16.2. The number of thioether (sulfide) groups is 2. The predicted octanol–water partition coefficient (Wildman–Crippen LogP) is 5.86. The third-order valence-corrected chi connectivity index (χ3v) is 6.69. The van der Waals surface area contributed by atoms with Gasteiger partial charge in [-0.25, -0.2) is 4.79 Å². The Morgan fingerprint density at radius 3 is 1.78 bits per heavy atom. The third kappa shape index (κ3) is 8.17. The molecule has 0 radical (unpaired) electrons. The number of hydrogen-bond acceptors (Lipinski definition) is 6. The number of para-hydroxylation sites is 2. The lowest BCUT2D eigenvalue weighted by atomic mass is 10.2. The SMILES string of the molecule is CC(C)(C)OC(=O)N1CCSCc2ccccc2OCCOc2ccccc2CSCC1. The number of rotatable bonds is 0. The molecule has 0 saturated heterocycles. The van der Waals surface area contributed by atoms with Crippen LogP contribution in [0, 0.1) is 0 Å². The minimum atomic E-state index is -0.503. The van der Waals surface area contributed by atoms with E-state index < -0.39 is 5.60 Å². The summed E-state index contributed by atoms with van der Waals surface area (Å²) in [5.41, 5.74) is 1.81. The number of nitrogens with zero attached hydrogens (tertiary/aromatic N) is 1. The summed E-state index contributed by atoms with van der Waals surface area (Å²) in [4.78, 5) is 14.6. The Labute approximate surface area is 200 Å². The van der Waals surface area contributed by atoms with Crippen LogP contribution in [-0.2, 0) is 16.2 Å². The third-order valence-electron chi connectivity index (χ3n) is 4.72. The normalized spacial score (nSPS) is 16.5. The van der Waals surface area contributed by atoms with Crippen LogP contribution in [-0.4, -0.2) is 54.4 Å². The highest BCUT2D eigenvalue weighted by Gasteiger charge is 2.22.